The van der Waals surface area contributed by atoms with Gasteiger partial charge in [-0.05, 0) is 0 Å². The largest absolute Gasteiger partial charge is 0.373 e. The monoisotopic (exact) mass is 114 g/mol. The minimum atomic E-state index is 0.462. The van der Waals surface area contributed by atoms with Gasteiger partial charge in [0.05, 0.1) is 18.9 Å². The van der Waals surface area contributed by atoms with Crippen LogP contribution in [0.3, 0.4) is 0 Å². The van der Waals surface area contributed by atoms with E-state index in [0.717, 1.165) is 19.7 Å². The smallest absolute Gasteiger partial charge is 0.0984 e. The van der Waals surface area contributed by atoms with Crippen molar-refractivity contribution in [3.05, 3.63) is 0 Å². The van der Waals surface area contributed by atoms with E-state index in [2.05, 4.69) is 10.6 Å². The topological polar surface area (TPSA) is 33.3 Å². The van der Waals surface area contributed by atoms with Gasteiger partial charge in [-0.3, -0.25) is 10.6 Å². The van der Waals surface area contributed by atoms with Crippen molar-refractivity contribution in [1.82, 2.24) is 10.6 Å². The van der Waals surface area contributed by atoms with E-state index in [0.29, 0.717) is 12.3 Å². The van der Waals surface area contributed by atoms with Crippen LogP contribution in [-0.4, -0.2) is 32.0 Å². The SMILES string of the molecule is C1COC2CNC2N1. The summed E-state index contributed by atoms with van der Waals surface area (Å²) in [6.07, 6.45) is 0.924. The molecule has 2 aliphatic heterocycles. The van der Waals surface area contributed by atoms with Crippen LogP contribution in [0, 0.1) is 0 Å². The molecule has 0 saturated carbocycles. The van der Waals surface area contributed by atoms with Crippen molar-refractivity contribution in [3.63, 3.8) is 0 Å². The molecule has 0 aromatic heterocycles. The molecule has 0 radical (unpaired) electrons. The minimum Gasteiger partial charge on any atom is -0.373 e. The zero-order chi connectivity index (χ0) is 5.40. The molecule has 2 aliphatic rings. The van der Waals surface area contributed by atoms with E-state index in [1.54, 1.807) is 0 Å². The van der Waals surface area contributed by atoms with E-state index < -0.39 is 0 Å². The molecule has 3 heteroatoms. The summed E-state index contributed by atoms with van der Waals surface area (Å²) in [5.41, 5.74) is 0. The summed E-state index contributed by atoms with van der Waals surface area (Å²) in [6.45, 7) is 2.90. The second-order valence-electron chi connectivity index (χ2n) is 2.25. The number of ether oxygens (including phenoxy) is 1. The van der Waals surface area contributed by atoms with Gasteiger partial charge in [0, 0.05) is 13.1 Å². The van der Waals surface area contributed by atoms with Crippen LogP contribution in [0.1, 0.15) is 0 Å². The Morgan fingerprint density at radius 1 is 1.38 bits per heavy atom. The summed E-state index contributed by atoms with van der Waals surface area (Å²) < 4.78 is 5.35. The summed E-state index contributed by atoms with van der Waals surface area (Å²) in [7, 11) is 0. The average Bonchev–Trinajstić information content (AvgIpc) is 1.72. The lowest BCUT2D eigenvalue weighted by Gasteiger charge is -2.41. The molecule has 0 bridgehead atoms. The van der Waals surface area contributed by atoms with Crippen molar-refractivity contribution in [2.24, 2.45) is 0 Å². The van der Waals surface area contributed by atoms with E-state index in [4.69, 9.17) is 4.74 Å². The van der Waals surface area contributed by atoms with Crippen LogP contribution in [0.5, 0.6) is 0 Å². The molecule has 46 valence electrons. The molecule has 0 amide bonds. The molecule has 2 rings (SSSR count). The van der Waals surface area contributed by atoms with Crippen LogP contribution in [0.4, 0.5) is 0 Å². The molecule has 2 fully saturated rings. The van der Waals surface area contributed by atoms with Crippen LogP contribution in [0.25, 0.3) is 0 Å². The second-order valence-corrected chi connectivity index (χ2v) is 2.25. The maximum atomic E-state index is 5.35. The maximum Gasteiger partial charge on any atom is 0.0984 e. The summed E-state index contributed by atoms with van der Waals surface area (Å²) in [5, 5.41) is 6.49. The predicted octanol–water partition coefficient (Wildman–Crippen LogP) is -1.10. The molecule has 2 heterocycles. The molecule has 2 atom stereocenters. The second kappa shape index (κ2) is 1.69. The Kier molecular flexibility index (Phi) is 0.997. The van der Waals surface area contributed by atoms with Crippen LogP contribution in [0.2, 0.25) is 0 Å². The Morgan fingerprint density at radius 2 is 2.38 bits per heavy atom. The molecular formula is C5H10N2O. The van der Waals surface area contributed by atoms with Crippen LogP contribution in [0.15, 0.2) is 0 Å². The van der Waals surface area contributed by atoms with Gasteiger partial charge in [-0.1, -0.05) is 0 Å². The summed E-state index contributed by atoms with van der Waals surface area (Å²) in [5.74, 6) is 0. The lowest BCUT2D eigenvalue weighted by Crippen LogP contribution is -2.68. The van der Waals surface area contributed by atoms with E-state index in [-0.39, 0.29) is 0 Å². The highest BCUT2D eigenvalue weighted by atomic mass is 16.5. The lowest BCUT2D eigenvalue weighted by molar-refractivity contribution is -0.0586. The number of rotatable bonds is 0. The third-order valence-electron chi connectivity index (χ3n) is 1.71. The van der Waals surface area contributed by atoms with Gasteiger partial charge in [0.25, 0.3) is 0 Å². The normalized spacial score (nSPS) is 45.0. The highest BCUT2D eigenvalue weighted by Gasteiger charge is 2.32. The summed E-state index contributed by atoms with van der Waals surface area (Å²) in [6, 6.07) is 0. The average molecular weight is 114 g/mol. The van der Waals surface area contributed by atoms with Crippen molar-refractivity contribution in [2.75, 3.05) is 19.7 Å². The number of nitrogens with one attached hydrogen (secondary N) is 2. The van der Waals surface area contributed by atoms with E-state index >= 15 is 0 Å². The first-order valence-electron chi connectivity index (χ1n) is 3.05. The molecular weight excluding hydrogens is 104 g/mol. The Labute approximate surface area is 48.4 Å². The number of fused-ring (bicyclic) bond motifs is 1. The fraction of sp³-hybridized carbons (Fsp3) is 1.00. The Hall–Kier alpha value is -0.120. The van der Waals surface area contributed by atoms with E-state index in [1.165, 1.54) is 0 Å². The van der Waals surface area contributed by atoms with E-state index in [9.17, 15) is 0 Å². The van der Waals surface area contributed by atoms with Gasteiger partial charge in [-0.15, -0.1) is 0 Å². The zero-order valence-electron chi connectivity index (χ0n) is 4.68. The predicted molar refractivity (Wildman–Crippen MR) is 29.5 cm³/mol. The van der Waals surface area contributed by atoms with E-state index in [1.807, 2.05) is 0 Å². The standard InChI is InChI=1S/C5H10N2O/c1-2-8-4-3-7-5(4)6-1/h4-7H,1-3H2. The highest BCUT2D eigenvalue weighted by molar-refractivity contribution is 4.89. The Balaban J connectivity index is 1.92. The summed E-state index contributed by atoms with van der Waals surface area (Å²) in [4.78, 5) is 0. The molecule has 0 aliphatic carbocycles. The highest BCUT2D eigenvalue weighted by Crippen LogP contribution is 2.08. The first kappa shape index (κ1) is 4.73. The molecule has 2 N–H and O–H groups in total. The van der Waals surface area contributed by atoms with Crippen molar-refractivity contribution in [3.8, 4) is 0 Å². The van der Waals surface area contributed by atoms with Crippen LogP contribution >= 0.6 is 0 Å². The van der Waals surface area contributed by atoms with Crippen molar-refractivity contribution < 1.29 is 4.74 Å². The number of morpholine rings is 1. The van der Waals surface area contributed by atoms with Crippen LogP contribution < -0.4 is 10.6 Å². The maximum absolute atomic E-state index is 5.35. The molecule has 2 unspecified atom stereocenters. The van der Waals surface area contributed by atoms with Gasteiger partial charge in [0.15, 0.2) is 0 Å². The van der Waals surface area contributed by atoms with Crippen molar-refractivity contribution >= 4 is 0 Å². The first-order chi connectivity index (χ1) is 3.97. The summed E-state index contributed by atoms with van der Waals surface area (Å²) >= 11 is 0. The number of hydrogen-bond donors (Lipinski definition) is 2. The first-order valence-corrected chi connectivity index (χ1v) is 3.05. The lowest BCUT2D eigenvalue weighted by atomic mass is 10.1. The third-order valence-corrected chi connectivity index (χ3v) is 1.71. The molecule has 3 nitrogen and oxygen atoms in total. The third kappa shape index (κ3) is 0.555. The molecule has 8 heavy (non-hydrogen) atoms. The van der Waals surface area contributed by atoms with Crippen LogP contribution in [-0.2, 0) is 4.74 Å². The van der Waals surface area contributed by atoms with Gasteiger partial charge < -0.3 is 4.74 Å². The fourth-order valence-electron chi connectivity index (χ4n) is 1.12. The van der Waals surface area contributed by atoms with Gasteiger partial charge in [0.1, 0.15) is 0 Å². The quantitative estimate of drug-likeness (QED) is 0.419. The number of hydrogen-bond acceptors (Lipinski definition) is 3. The van der Waals surface area contributed by atoms with Gasteiger partial charge in [0.2, 0.25) is 0 Å². The Morgan fingerprint density at radius 3 is 2.75 bits per heavy atom. The molecule has 2 saturated heterocycles. The molecule has 0 spiro atoms. The van der Waals surface area contributed by atoms with Gasteiger partial charge >= 0.3 is 0 Å². The van der Waals surface area contributed by atoms with Gasteiger partial charge in [-0.2, -0.15) is 0 Å². The fourth-order valence-corrected chi connectivity index (χ4v) is 1.12. The molecule has 0 aromatic rings. The zero-order valence-corrected chi connectivity index (χ0v) is 4.68. The van der Waals surface area contributed by atoms with Crippen molar-refractivity contribution in [1.29, 1.82) is 0 Å². The van der Waals surface area contributed by atoms with Crippen molar-refractivity contribution in [2.45, 2.75) is 12.3 Å². The minimum absolute atomic E-state index is 0.462. The Bertz CT molecular complexity index is 84.4. The van der Waals surface area contributed by atoms with Gasteiger partial charge in [-0.25, -0.2) is 0 Å². The molecule has 0 aromatic carbocycles.